The van der Waals surface area contributed by atoms with Crippen LogP contribution in [0, 0.1) is 0 Å². The van der Waals surface area contributed by atoms with Gasteiger partial charge < -0.3 is 9.47 Å². The number of Topliss-reactive ketones (excluding diaryl/α,β-unsaturated/α-hetero) is 1. The summed E-state index contributed by atoms with van der Waals surface area (Å²) in [7, 11) is 0. The van der Waals surface area contributed by atoms with Gasteiger partial charge in [-0.1, -0.05) is 35.3 Å². The molecule has 0 atom stereocenters. The van der Waals surface area contributed by atoms with Crippen molar-refractivity contribution in [3.8, 4) is 11.5 Å². The highest BCUT2D eigenvalue weighted by Crippen LogP contribution is 2.35. The number of allylic oxidation sites excluding steroid dienone is 1. The molecule has 0 radical (unpaired) electrons. The van der Waals surface area contributed by atoms with Crippen LogP contribution >= 0.6 is 23.2 Å². The third kappa shape index (κ3) is 3.82. The Kier molecular flexibility index (Phi) is 4.84. The fourth-order valence-corrected chi connectivity index (χ4v) is 3.13. The van der Waals surface area contributed by atoms with Crippen LogP contribution < -0.4 is 9.47 Å². The number of hydrogen-bond donors (Lipinski definition) is 0. The van der Waals surface area contributed by atoms with Crippen molar-refractivity contribution in [3.05, 3.63) is 93.4 Å². The second-order valence-electron chi connectivity index (χ2n) is 5.91. The van der Waals surface area contributed by atoms with Crippen molar-refractivity contribution in [1.29, 1.82) is 0 Å². The molecule has 0 saturated heterocycles. The first-order valence-electron chi connectivity index (χ1n) is 8.15. The lowest BCUT2D eigenvalue weighted by Gasteiger charge is -2.09. The molecule has 0 unspecified atom stereocenters. The Bertz CT molecular complexity index is 1050. The molecule has 4 rings (SSSR count). The molecular weight excluding hydrogens is 385 g/mol. The SMILES string of the molecule is O=C1/C(=C/c2cccnc2)Oc2cc(OCc3ccc(Cl)cc3Cl)ccc21. The Morgan fingerprint density at radius 1 is 1.11 bits per heavy atom. The van der Waals surface area contributed by atoms with Crippen LogP contribution in [-0.2, 0) is 6.61 Å². The van der Waals surface area contributed by atoms with Crippen LogP contribution in [-0.4, -0.2) is 10.8 Å². The second-order valence-corrected chi connectivity index (χ2v) is 6.75. The highest BCUT2D eigenvalue weighted by Gasteiger charge is 2.27. The lowest BCUT2D eigenvalue weighted by Crippen LogP contribution is -1.98. The first-order valence-corrected chi connectivity index (χ1v) is 8.91. The molecule has 0 saturated carbocycles. The minimum absolute atomic E-state index is 0.166. The smallest absolute Gasteiger partial charge is 0.231 e. The molecule has 0 N–H and O–H groups in total. The van der Waals surface area contributed by atoms with Gasteiger partial charge in [0.05, 0.1) is 5.56 Å². The maximum absolute atomic E-state index is 12.5. The Labute approximate surface area is 166 Å². The van der Waals surface area contributed by atoms with Gasteiger partial charge in [-0.05, 0) is 42.0 Å². The van der Waals surface area contributed by atoms with Crippen molar-refractivity contribution in [2.45, 2.75) is 6.61 Å². The van der Waals surface area contributed by atoms with Crippen molar-refractivity contribution in [2.24, 2.45) is 0 Å². The van der Waals surface area contributed by atoms with Gasteiger partial charge in [0.1, 0.15) is 18.1 Å². The summed E-state index contributed by atoms with van der Waals surface area (Å²) >= 11 is 12.1. The summed E-state index contributed by atoms with van der Waals surface area (Å²) in [6, 6.07) is 14.0. The van der Waals surface area contributed by atoms with Crippen molar-refractivity contribution >= 4 is 35.1 Å². The molecule has 0 spiro atoms. The van der Waals surface area contributed by atoms with Gasteiger partial charge in [0, 0.05) is 34.1 Å². The van der Waals surface area contributed by atoms with Gasteiger partial charge in [0.25, 0.3) is 0 Å². The number of halogens is 2. The van der Waals surface area contributed by atoms with Crippen LogP contribution in [0.3, 0.4) is 0 Å². The highest BCUT2D eigenvalue weighted by molar-refractivity contribution is 6.35. The van der Waals surface area contributed by atoms with Crippen molar-refractivity contribution < 1.29 is 14.3 Å². The monoisotopic (exact) mass is 397 g/mol. The van der Waals surface area contributed by atoms with Gasteiger partial charge in [0.2, 0.25) is 5.78 Å². The number of pyridine rings is 1. The number of fused-ring (bicyclic) bond motifs is 1. The lowest BCUT2D eigenvalue weighted by molar-refractivity contribution is 0.101. The molecule has 0 amide bonds. The third-order valence-corrected chi connectivity index (χ3v) is 4.62. The summed E-state index contributed by atoms with van der Waals surface area (Å²) in [5.74, 6) is 1.14. The number of carbonyl (C=O) groups excluding carboxylic acids is 1. The molecule has 1 aliphatic heterocycles. The molecular formula is C21H13Cl2NO3. The Hall–Kier alpha value is -2.82. The number of carbonyl (C=O) groups is 1. The van der Waals surface area contributed by atoms with E-state index in [4.69, 9.17) is 32.7 Å². The van der Waals surface area contributed by atoms with E-state index in [0.717, 1.165) is 11.1 Å². The minimum Gasteiger partial charge on any atom is -0.489 e. The predicted octanol–water partition coefficient (Wildman–Crippen LogP) is 5.58. The van der Waals surface area contributed by atoms with E-state index in [0.29, 0.717) is 27.1 Å². The Balaban J connectivity index is 1.51. The van der Waals surface area contributed by atoms with Gasteiger partial charge >= 0.3 is 0 Å². The molecule has 3 aromatic rings. The minimum atomic E-state index is -0.166. The van der Waals surface area contributed by atoms with E-state index >= 15 is 0 Å². The normalized spacial score (nSPS) is 14.1. The van der Waals surface area contributed by atoms with Crippen LogP contribution in [0.4, 0.5) is 0 Å². The lowest BCUT2D eigenvalue weighted by atomic mass is 10.1. The molecule has 0 bridgehead atoms. The quantitative estimate of drug-likeness (QED) is 0.538. The highest BCUT2D eigenvalue weighted by atomic mass is 35.5. The van der Waals surface area contributed by atoms with Gasteiger partial charge in [0.15, 0.2) is 5.76 Å². The van der Waals surface area contributed by atoms with Gasteiger partial charge in [-0.2, -0.15) is 0 Å². The van der Waals surface area contributed by atoms with E-state index in [2.05, 4.69) is 4.98 Å². The van der Waals surface area contributed by atoms with Gasteiger partial charge in [-0.25, -0.2) is 0 Å². The number of benzene rings is 2. The second kappa shape index (κ2) is 7.43. The zero-order valence-corrected chi connectivity index (χ0v) is 15.5. The van der Waals surface area contributed by atoms with Crippen LogP contribution in [0.25, 0.3) is 6.08 Å². The number of aromatic nitrogens is 1. The number of rotatable bonds is 4. The molecule has 1 aromatic heterocycles. The largest absolute Gasteiger partial charge is 0.489 e. The van der Waals surface area contributed by atoms with E-state index in [-0.39, 0.29) is 18.1 Å². The van der Waals surface area contributed by atoms with Crippen molar-refractivity contribution in [3.63, 3.8) is 0 Å². The Morgan fingerprint density at radius 2 is 2.00 bits per heavy atom. The summed E-state index contributed by atoms with van der Waals surface area (Å²) in [4.78, 5) is 16.5. The summed E-state index contributed by atoms with van der Waals surface area (Å²) in [5.41, 5.74) is 2.11. The van der Waals surface area contributed by atoms with Crippen LogP contribution in [0.5, 0.6) is 11.5 Å². The first-order chi connectivity index (χ1) is 13.1. The van der Waals surface area contributed by atoms with Gasteiger partial charge in [-0.3, -0.25) is 9.78 Å². The topological polar surface area (TPSA) is 48.4 Å². The zero-order chi connectivity index (χ0) is 18.8. The summed E-state index contributed by atoms with van der Waals surface area (Å²) in [6.45, 7) is 0.279. The number of ether oxygens (including phenoxy) is 2. The Morgan fingerprint density at radius 3 is 2.78 bits per heavy atom. The van der Waals surface area contributed by atoms with Crippen LogP contribution in [0.1, 0.15) is 21.5 Å². The first kappa shape index (κ1) is 17.6. The molecule has 4 nitrogen and oxygen atoms in total. The maximum Gasteiger partial charge on any atom is 0.231 e. The summed E-state index contributed by atoms with van der Waals surface area (Å²) in [5, 5.41) is 1.11. The van der Waals surface area contributed by atoms with E-state index in [1.807, 2.05) is 12.1 Å². The zero-order valence-electron chi connectivity index (χ0n) is 14.0. The molecule has 0 aliphatic carbocycles. The average molecular weight is 398 g/mol. The average Bonchev–Trinajstić information content (AvgIpc) is 2.97. The molecule has 134 valence electrons. The molecule has 2 heterocycles. The van der Waals surface area contributed by atoms with Crippen LogP contribution in [0.15, 0.2) is 66.7 Å². The van der Waals surface area contributed by atoms with E-state index in [9.17, 15) is 4.79 Å². The van der Waals surface area contributed by atoms with Gasteiger partial charge in [-0.15, -0.1) is 0 Å². The van der Waals surface area contributed by atoms with Crippen LogP contribution in [0.2, 0.25) is 10.0 Å². The molecule has 27 heavy (non-hydrogen) atoms. The summed E-state index contributed by atoms with van der Waals surface area (Å²) < 4.78 is 11.5. The van der Waals surface area contributed by atoms with Crippen molar-refractivity contribution in [2.75, 3.05) is 0 Å². The number of hydrogen-bond acceptors (Lipinski definition) is 4. The molecule has 0 fully saturated rings. The molecule has 1 aliphatic rings. The van der Waals surface area contributed by atoms with Crippen molar-refractivity contribution in [1.82, 2.24) is 4.98 Å². The van der Waals surface area contributed by atoms with E-state index < -0.39 is 0 Å². The standard InChI is InChI=1S/C21H13Cl2NO3/c22-15-4-3-14(18(23)9-15)12-26-16-5-6-17-19(10-16)27-20(21(17)25)8-13-2-1-7-24-11-13/h1-11H,12H2/b20-8-. The predicted molar refractivity (Wildman–Crippen MR) is 104 cm³/mol. The van der Waals surface area contributed by atoms with E-state index in [1.54, 1.807) is 54.9 Å². The number of nitrogens with zero attached hydrogens (tertiary/aromatic N) is 1. The maximum atomic E-state index is 12.5. The fourth-order valence-electron chi connectivity index (χ4n) is 2.67. The van der Waals surface area contributed by atoms with E-state index in [1.165, 1.54) is 0 Å². The summed E-state index contributed by atoms with van der Waals surface area (Å²) in [6.07, 6.45) is 5.00. The third-order valence-electron chi connectivity index (χ3n) is 4.03. The molecule has 2 aromatic carbocycles. The fraction of sp³-hybridized carbons (Fsp3) is 0.0476. The number of ketones is 1. The molecule has 6 heteroatoms.